The van der Waals surface area contributed by atoms with E-state index >= 15 is 0 Å². The zero-order valence-corrected chi connectivity index (χ0v) is 13.1. The molecule has 0 amide bonds. The molecule has 23 heavy (non-hydrogen) atoms. The Kier molecular flexibility index (Phi) is 4.66. The highest BCUT2D eigenvalue weighted by Crippen LogP contribution is 2.29. The normalized spacial score (nSPS) is 11.6. The van der Waals surface area contributed by atoms with Crippen molar-refractivity contribution in [2.24, 2.45) is 0 Å². The van der Waals surface area contributed by atoms with Crippen LogP contribution in [0.15, 0.2) is 35.3 Å². The molecular formula is C16H13ClF3NO2. The molecule has 2 rings (SSSR count). The lowest BCUT2D eigenvalue weighted by molar-refractivity contribution is -0.138. The van der Waals surface area contributed by atoms with Crippen molar-refractivity contribution in [1.82, 2.24) is 4.57 Å². The largest absolute Gasteiger partial charge is 0.417 e. The maximum absolute atomic E-state index is 12.8. The SMILES string of the molecule is Cc1ccc(C(=O)Cn2cc(C(F)(F)F)cc(Cl)c2=O)c(C)c1. The second kappa shape index (κ2) is 6.20. The lowest BCUT2D eigenvalue weighted by atomic mass is 10.0. The fourth-order valence-electron chi connectivity index (χ4n) is 2.24. The molecule has 0 atom stereocenters. The van der Waals surface area contributed by atoms with Crippen molar-refractivity contribution in [1.29, 1.82) is 0 Å². The Bertz CT molecular complexity index is 825. The minimum Gasteiger partial charge on any atom is -0.306 e. The Labute approximate surface area is 135 Å². The Morgan fingerprint density at radius 3 is 2.43 bits per heavy atom. The van der Waals surface area contributed by atoms with E-state index in [1.165, 1.54) is 0 Å². The van der Waals surface area contributed by atoms with Crippen LogP contribution in [0.2, 0.25) is 5.02 Å². The third kappa shape index (κ3) is 3.82. The summed E-state index contributed by atoms with van der Waals surface area (Å²) in [6.45, 7) is 3.08. The van der Waals surface area contributed by atoms with Crippen LogP contribution in [-0.2, 0) is 12.7 Å². The van der Waals surface area contributed by atoms with Gasteiger partial charge in [-0.2, -0.15) is 13.2 Å². The lowest BCUT2D eigenvalue weighted by Crippen LogP contribution is -2.26. The molecule has 0 bridgehead atoms. The van der Waals surface area contributed by atoms with Crippen LogP contribution in [0.4, 0.5) is 13.2 Å². The van der Waals surface area contributed by atoms with Gasteiger partial charge >= 0.3 is 6.18 Å². The van der Waals surface area contributed by atoms with Gasteiger partial charge in [-0.15, -0.1) is 0 Å². The maximum atomic E-state index is 12.8. The number of pyridine rings is 1. The Balaban J connectivity index is 2.41. The van der Waals surface area contributed by atoms with Crippen molar-refractivity contribution in [2.75, 3.05) is 0 Å². The number of alkyl halides is 3. The van der Waals surface area contributed by atoms with Crippen molar-refractivity contribution in [2.45, 2.75) is 26.6 Å². The van der Waals surface area contributed by atoms with Crippen LogP contribution in [0.3, 0.4) is 0 Å². The van der Waals surface area contributed by atoms with Crippen molar-refractivity contribution in [3.8, 4) is 0 Å². The number of halogens is 4. The molecule has 1 aromatic heterocycles. The zero-order chi connectivity index (χ0) is 17.4. The zero-order valence-electron chi connectivity index (χ0n) is 12.4. The predicted molar refractivity (Wildman–Crippen MR) is 81.0 cm³/mol. The Hall–Kier alpha value is -2.08. The Morgan fingerprint density at radius 2 is 1.87 bits per heavy atom. The summed E-state index contributed by atoms with van der Waals surface area (Å²) in [4.78, 5) is 24.2. The number of nitrogens with zero attached hydrogens (tertiary/aromatic N) is 1. The maximum Gasteiger partial charge on any atom is 0.417 e. The first-order valence-corrected chi connectivity index (χ1v) is 7.05. The molecule has 1 heterocycles. The molecule has 0 aliphatic rings. The van der Waals surface area contributed by atoms with Crippen LogP contribution < -0.4 is 5.56 Å². The number of aryl methyl sites for hydroxylation is 2. The summed E-state index contributed by atoms with van der Waals surface area (Å²) in [5, 5.41) is -0.576. The molecule has 1 aromatic carbocycles. The summed E-state index contributed by atoms with van der Waals surface area (Å²) in [6.07, 6.45) is -4.04. The van der Waals surface area contributed by atoms with E-state index in [2.05, 4.69) is 0 Å². The number of ketones is 1. The molecule has 0 radical (unpaired) electrons. The first-order chi connectivity index (χ1) is 10.6. The van der Waals surface area contributed by atoms with Gasteiger partial charge in [-0.05, 0) is 25.5 Å². The van der Waals surface area contributed by atoms with E-state index in [9.17, 15) is 22.8 Å². The lowest BCUT2D eigenvalue weighted by Gasteiger charge is -2.12. The van der Waals surface area contributed by atoms with Crippen molar-refractivity contribution < 1.29 is 18.0 Å². The van der Waals surface area contributed by atoms with Crippen molar-refractivity contribution in [3.05, 3.63) is 68.1 Å². The first-order valence-electron chi connectivity index (χ1n) is 6.67. The first kappa shape index (κ1) is 17.3. The monoisotopic (exact) mass is 343 g/mol. The van der Waals surface area contributed by atoms with Crippen LogP contribution in [0, 0.1) is 13.8 Å². The van der Waals surface area contributed by atoms with E-state index in [1.54, 1.807) is 25.1 Å². The van der Waals surface area contributed by atoms with E-state index in [-0.39, 0.29) is 0 Å². The van der Waals surface area contributed by atoms with Crippen LogP contribution in [0.5, 0.6) is 0 Å². The van der Waals surface area contributed by atoms with Gasteiger partial charge < -0.3 is 4.57 Å². The molecule has 0 saturated carbocycles. The predicted octanol–water partition coefficient (Wildman–Crippen LogP) is 4.02. The van der Waals surface area contributed by atoms with Gasteiger partial charge in [-0.25, -0.2) is 0 Å². The fourth-order valence-corrected chi connectivity index (χ4v) is 2.46. The number of rotatable bonds is 3. The molecule has 0 aliphatic heterocycles. The number of benzene rings is 1. The van der Waals surface area contributed by atoms with E-state index in [0.717, 1.165) is 5.56 Å². The van der Waals surface area contributed by atoms with Gasteiger partial charge in [0.2, 0.25) is 0 Å². The third-order valence-corrected chi connectivity index (χ3v) is 3.64. The van der Waals surface area contributed by atoms with Gasteiger partial charge in [0.15, 0.2) is 5.78 Å². The van der Waals surface area contributed by atoms with Crippen LogP contribution in [-0.4, -0.2) is 10.4 Å². The van der Waals surface area contributed by atoms with Gasteiger partial charge in [0.25, 0.3) is 5.56 Å². The van der Waals surface area contributed by atoms with Gasteiger partial charge in [0.1, 0.15) is 5.02 Å². The minimum atomic E-state index is -4.65. The highest BCUT2D eigenvalue weighted by Gasteiger charge is 2.32. The van der Waals surface area contributed by atoms with Gasteiger partial charge in [0, 0.05) is 11.8 Å². The van der Waals surface area contributed by atoms with Crippen LogP contribution in [0.1, 0.15) is 27.0 Å². The number of hydrogen-bond donors (Lipinski definition) is 0. The quantitative estimate of drug-likeness (QED) is 0.790. The standard InChI is InChI=1S/C16H13ClF3NO2/c1-9-3-4-12(10(2)5-9)14(22)8-21-7-11(16(18,19)20)6-13(17)15(21)23/h3-7H,8H2,1-2H3. The summed E-state index contributed by atoms with van der Waals surface area (Å²) in [7, 11) is 0. The molecule has 0 unspecified atom stereocenters. The molecular weight excluding hydrogens is 331 g/mol. The highest BCUT2D eigenvalue weighted by atomic mass is 35.5. The smallest absolute Gasteiger partial charge is 0.306 e. The summed E-state index contributed by atoms with van der Waals surface area (Å²) < 4.78 is 39.1. The summed E-state index contributed by atoms with van der Waals surface area (Å²) in [6, 6.07) is 5.66. The van der Waals surface area contributed by atoms with E-state index < -0.39 is 34.6 Å². The van der Waals surface area contributed by atoms with Gasteiger partial charge in [-0.1, -0.05) is 35.4 Å². The second-order valence-corrected chi connectivity index (χ2v) is 5.66. The average Bonchev–Trinajstić information content (AvgIpc) is 2.42. The summed E-state index contributed by atoms with van der Waals surface area (Å²) in [5.74, 6) is -0.458. The molecule has 3 nitrogen and oxygen atoms in total. The highest BCUT2D eigenvalue weighted by molar-refractivity contribution is 6.30. The minimum absolute atomic E-state index is 0.357. The number of carbonyl (C=O) groups excluding carboxylic acids is 1. The third-order valence-electron chi connectivity index (χ3n) is 3.37. The second-order valence-electron chi connectivity index (χ2n) is 5.25. The van der Waals surface area contributed by atoms with Gasteiger partial charge in [-0.3, -0.25) is 9.59 Å². The van der Waals surface area contributed by atoms with E-state index in [0.29, 0.717) is 28.0 Å². The number of aromatic nitrogens is 1. The van der Waals surface area contributed by atoms with Crippen LogP contribution >= 0.6 is 11.6 Å². The van der Waals surface area contributed by atoms with Gasteiger partial charge in [0.05, 0.1) is 12.1 Å². The molecule has 7 heteroatoms. The topological polar surface area (TPSA) is 39.1 Å². The molecule has 122 valence electrons. The number of Topliss-reactive ketones (excluding diaryl/α,β-unsaturated/α-hetero) is 1. The van der Waals surface area contributed by atoms with E-state index in [1.807, 2.05) is 6.92 Å². The molecule has 2 aromatic rings. The molecule has 0 saturated heterocycles. The number of hydrogen-bond acceptors (Lipinski definition) is 2. The molecule has 0 spiro atoms. The summed E-state index contributed by atoms with van der Waals surface area (Å²) >= 11 is 5.56. The molecule has 0 N–H and O–H groups in total. The van der Waals surface area contributed by atoms with Crippen molar-refractivity contribution in [3.63, 3.8) is 0 Å². The van der Waals surface area contributed by atoms with Crippen LogP contribution in [0.25, 0.3) is 0 Å². The number of carbonyl (C=O) groups is 1. The van der Waals surface area contributed by atoms with Crippen molar-refractivity contribution >= 4 is 17.4 Å². The fraction of sp³-hybridized carbons (Fsp3) is 0.250. The molecule has 0 fully saturated rings. The van der Waals surface area contributed by atoms with E-state index in [4.69, 9.17) is 11.6 Å². The molecule has 0 aliphatic carbocycles. The Morgan fingerprint density at radius 1 is 1.22 bits per heavy atom. The average molecular weight is 344 g/mol. The summed E-state index contributed by atoms with van der Waals surface area (Å²) in [5.41, 5.74) is 0.101.